The average molecular weight is 456 g/mol. The maximum absolute atomic E-state index is 15.0. The highest BCUT2D eigenvalue weighted by Crippen LogP contribution is 2.57. The largest absolute Gasteiger partial charge is 0.457 e. The van der Waals surface area contributed by atoms with E-state index in [0.717, 1.165) is 0 Å². The van der Waals surface area contributed by atoms with Crippen LogP contribution in [0.15, 0.2) is 84.1 Å². The number of benzene rings is 2. The molecule has 0 radical (unpaired) electrons. The van der Waals surface area contributed by atoms with Gasteiger partial charge in [0.2, 0.25) is 11.9 Å². The summed E-state index contributed by atoms with van der Waals surface area (Å²) in [5.41, 5.74) is 7.86. The molecule has 2 atom stereocenters. The maximum Gasteiger partial charge on any atom is 0.218 e. The predicted molar refractivity (Wildman–Crippen MR) is 121 cm³/mol. The molecule has 2 aromatic carbocycles. The van der Waals surface area contributed by atoms with E-state index in [1.54, 1.807) is 24.3 Å². The third-order valence-electron chi connectivity index (χ3n) is 6.14. The van der Waals surface area contributed by atoms with Gasteiger partial charge in [0.05, 0.1) is 0 Å². The number of nitrogens with zero attached hydrogens (tertiary/aromatic N) is 3. The van der Waals surface area contributed by atoms with Gasteiger partial charge in [-0.15, -0.1) is 0 Å². The van der Waals surface area contributed by atoms with Gasteiger partial charge < -0.3 is 15.2 Å². The predicted octanol–water partition coefficient (Wildman–Crippen LogP) is 4.90. The quantitative estimate of drug-likeness (QED) is 0.434. The van der Waals surface area contributed by atoms with Crippen LogP contribution in [0.3, 0.4) is 0 Å². The Bertz CT molecular complexity index is 1460. The smallest absolute Gasteiger partial charge is 0.218 e. The second-order valence-corrected chi connectivity index (χ2v) is 8.12. The molecule has 168 valence electrons. The van der Waals surface area contributed by atoms with Crippen molar-refractivity contribution < 1.29 is 18.3 Å². The Morgan fingerprint density at radius 3 is 2.53 bits per heavy atom. The normalized spacial score (nSPS) is 20.8. The lowest BCUT2D eigenvalue weighted by molar-refractivity contribution is 0.0131. The average Bonchev–Trinajstić information content (AvgIpc) is 2.85. The number of amidine groups is 1. The number of halogens is 2. The standard InChI is InChI=1S/C26H18F2N4O2/c27-22-13-16(9-11-30-22)15-7-8-21-19(12-15)26(18-5-1-2-6-20(18)34-21)24(33-14-23(29)32-26)17-4-3-10-31-25(17)28/h1-13,24H,14H2,(H2,29,32). The minimum absolute atomic E-state index is 0.0361. The minimum Gasteiger partial charge on any atom is -0.457 e. The van der Waals surface area contributed by atoms with Crippen molar-refractivity contribution in [2.45, 2.75) is 11.6 Å². The number of aromatic nitrogens is 2. The first-order valence-electron chi connectivity index (χ1n) is 10.7. The van der Waals surface area contributed by atoms with E-state index in [4.69, 9.17) is 20.2 Å². The monoisotopic (exact) mass is 456 g/mol. The van der Waals surface area contributed by atoms with E-state index in [9.17, 15) is 8.78 Å². The molecule has 0 aliphatic carbocycles. The van der Waals surface area contributed by atoms with Crippen LogP contribution in [0, 0.1) is 11.9 Å². The molecule has 4 heterocycles. The van der Waals surface area contributed by atoms with Crippen LogP contribution in [-0.2, 0) is 10.3 Å². The van der Waals surface area contributed by atoms with Gasteiger partial charge in [-0.2, -0.15) is 8.78 Å². The van der Waals surface area contributed by atoms with Crippen molar-refractivity contribution in [1.82, 2.24) is 9.97 Å². The molecule has 34 heavy (non-hydrogen) atoms. The molecule has 2 N–H and O–H groups in total. The van der Waals surface area contributed by atoms with E-state index in [0.29, 0.717) is 33.8 Å². The number of para-hydroxylation sites is 1. The molecular weight excluding hydrogens is 438 g/mol. The molecule has 1 spiro atoms. The molecule has 0 saturated carbocycles. The minimum atomic E-state index is -1.25. The number of hydrogen-bond donors (Lipinski definition) is 1. The Morgan fingerprint density at radius 1 is 0.853 bits per heavy atom. The van der Waals surface area contributed by atoms with Gasteiger partial charge >= 0.3 is 0 Å². The van der Waals surface area contributed by atoms with Gasteiger partial charge in [-0.25, -0.2) is 9.97 Å². The first-order valence-corrected chi connectivity index (χ1v) is 10.7. The number of pyridine rings is 2. The van der Waals surface area contributed by atoms with Gasteiger partial charge in [0.25, 0.3) is 0 Å². The lowest BCUT2D eigenvalue weighted by Crippen LogP contribution is -2.44. The van der Waals surface area contributed by atoms with Crippen LogP contribution in [-0.4, -0.2) is 22.4 Å². The van der Waals surface area contributed by atoms with Crippen LogP contribution in [0.25, 0.3) is 11.1 Å². The lowest BCUT2D eigenvalue weighted by atomic mass is 9.73. The summed E-state index contributed by atoms with van der Waals surface area (Å²) in [5, 5.41) is 0. The Kier molecular flexibility index (Phi) is 4.63. The van der Waals surface area contributed by atoms with Crippen molar-refractivity contribution in [2.75, 3.05) is 6.61 Å². The summed E-state index contributed by atoms with van der Waals surface area (Å²) in [6, 6.07) is 19.2. The van der Waals surface area contributed by atoms with Gasteiger partial charge in [0.1, 0.15) is 30.0 Å². The maximum atomic E-state index is 15.0. The van der Waals surface area contributed by atoms with E-state index in [1.807, 2.05) is 36.4 Å². The third-order valence-corrected chi connectivity index (χ3v) is 6.14. The Balaban J connectivity index is 1.67. The molecule has 0 saturated heterocycles. The summed E-state index contributed by atoms with van der Waals surface area (Å²) >= 11 is 0. The summed E-state index contributed by atoms with van der Waals surface area (Å²) in [7, 11) is 0. The highest BCUT2D eigenvalue weighted by atomic mass is 19.1. The van der Waals surface area contributed by atoms with E-state index in [2.05, 4.69) is 9.97 Å². The van der Waals surface area contributed by atoms with Crippen molar-refractivity contribution >= 4 is 5.84 Å². The molecule has 2 unspecified atom stereocenters. The number of rotatable bonds is 2. The lowest BCUT2D eigenvalue weighted by Gasteiger charge is -2.44. The number of ether oxygens (including phenoxy) is 2. The Hall–Kier alpha value is -4.17. The summed E-state index contributed by atoms with van der Waals surface area (Å²) < 4.78 is 41.2. The number of hydrogen-bond acceptors (Lipinski definition) is 6. The molecular formula is C26H18F2N4O2. The molecule has 2 aliphatic rings. The van der Waals surface area contributed by atoms with Crippen LogP contribution in [0.5, 0.6) is 11.5 Å². The SMILES string of the molecule is NC1=NC2(c3ccccc3Oc3ccc(-c4ccnc(F)c4)cc32)C(c2cccnc2F)OC1. The second-order valence-electron chi connectivity index (χ2n) is 8.12. The Labute approximate surface area is 193 Å². The summed E-state index contributed by atoms with van der Waals surface area (Å²) in [6.07, 6.45) is 1.91. The highest BCUT2D eigenvalue weighted by Gasteiger charge is 2.52. The van der Waals surface area contributed by atoms with Gasteiger partial charge in [-0.05, 0) is 41.5 Å². The van der Waals surface area contributed by atoms with E-state index < -0.39 is 23.5 Å². The summed E-state index contributed by atoms with van der Waals surface area (Å²) in [4.78, 5) is 12.4. The first kappa shape index (κ1) is 20.4. The molecule has 2 aromatic heterocycles. The molecule has 6 nitrogen and oxygen atoms in total. The number of nitrogens with two attached hydrogens (primary N) is 1. The molecule has 0 fully saturated rings. The molecule has 0 bridgehead atoms. The third kappa shape index (κ3) is 3.07. The molecule has 6 rings (SSSR count). The Morgan fingerprint density at radius 2 is 1.68 bits per heavy atom. The van der Waals surface area contributed by atoms with Crippen LogP contribution < -0.4 is 10.5 Å². The van der Waals surface area contributed by atoms with Gasteiger partial charge in [-0.1, -0.05) is 30.3 Å². The second kappa shape index (κ2) is 7.71. The fourth-order valence-electron chi connectivity index (χ4n) is 4.73. The van der Waals surface area contributed by atoms with Crippen molar-refractivity contribution in [3.05, 3.63) is 108 Å². The van der Waals surface area contributed by atoms with Crippen LogP contribution in [0.2, 0.25) is 0 Å². The number of aliphatic imine (C=N–C) groups is 1. The van der Waals surface area contributed by atoms with E-state index in [1.165, 1.54) is 18.5 Å². The zero-order valence-corrected chi connectivity index (χ0v) is 17.8. The van der Waals surface area contributed by atoms with Crippen molar-refractivity contribution in [3.8, 4) is 22.6 Å². The molecule has 8 heteroatoms. The highest BCUT2D eigenvalue weighted by molar-refractivity contribution is 5.84. The fourth-order valence-corrected chi connectivity index (χ4v) is 4.73. The first-order chi connectivity index (χ1) is 16.6. The number of fused-ring (bicyclic) bond motifs is 4. The summed E-state index contributed by atoms with van der Waals surface area (Å²) in [6.45, 7) is 0.0361. The van der Waals surface area contributed by atoms with Crippen LogP contribution in [0.4, 0.5) is 8.78 Å². The van der Waals surface area contributed by atoms with Crippen LogP contribution >= 0.6 is 0 Å². The van der Waals surface area contributed by atoms with Gasteiger partial charge in [0.15, 0.2) is 5.54 Å². The topological polar surface area (TPSA) is 82.6 Å². The van der Waals surface area contributed by atoms with Crippen molar-refractivity contribution in [3.63, 3.8) is 0 Å². The fraction of sp³-hybridized carbons (Fsp3) is 0.115. The molecule has 2 aliphatic heterocycles. The van der Waals surface area contributed by atoms with E-state index >= 15 is 0 Å². The van der Waals surface area contributed by atoms with Gasteiger partial charge in [0, 0.05) is 35.2 Å². The zero-order valence-electron chi connectivity index (χ0n) is 17.8. The zero-order chi connectivity index (χ0) is 23.3. The van der Waals surface area contributed by atoms with Crippen molar-refractivity contribution in [2.24, 2.45) is 10.7 Å². The van der Waals surface area contributed by atoms with E-state index in [-0.39, 0.29) is 18.0 Å². The molecule has 4 aromatic rings. The van der Waals surface area contributed by atoms with Crippen LogP contribution in [0.1, 0.15) is 22.8 Å². The summed E-state index contributed by atoms with van der Waals surface area (Å²) in [5.74, 6) is 0.108. The van der Waals surface area contributed by atoms with Gasteiger partial charge in [-0.3, -0.25) is 4.99 Å². The molecule has 0 amide bonds. The van der Waals surface area contributed by atoms with Crippen molar-refractivity contribution in [1.29, 1.82) is 0 Å².